The Bertz CT molecular complexity index is 546. The van der Waals surface area contributed by atoms with Crippen LogP contribution in [0.2, 0.25) is 0 Å². The van der Waals surface area contributed by atoms with Crippen LogP contribution in [0, 0.1) is 0 Å². The third-order valence-corrected chi connectivity index (χ3v) is 3.63. The largest absolute Gasteiger partial charge is 0.394 e. The highest BCUT2D eigenvalue weighted by Crippen LogP contribution is 2.35. The van der Waals surface area contributed by atoms with Crippen LogP contribution in [0.15, 0.2) is 42.6 Å². The van der Waals surface area contributed by atoms with E-state index < -0.39 is 24.4 Å². The molecule has 3 N–H and O–H groups in total. The summed E-state index contributed by atoms with van der Waals surface area (Å²) in [5, 5.41) is 26.3. The van der Waals surface area contributed by atoms with Crippen LogP contribution in [-0.4, -0.2) is 45.3 Å². The summed E-state index contributed by atoms with van der Waals surface area (Å²) >= 11 is 0. The number of hydrogen-bond acceptors (Lipinski definition) is 5. The number of aromatic nitrogens is 2. The number of hydrogen-bond donors (Lipinski definition) is 3. The summed E-state index contributed by atoms with van der Waals surface area (Å²) in [6.45, 7) is 0.117. The minimum atomic E-state index is -0.882. The van der Waals surface area contributed by atoms with Crippen molar-refractivity contribution in [3.05, 3.63) is 53.9 Å². The zero-order valence-electron chi connectivity index (χ0n) is 11.4. The lowest BCUT2D eigenvalue weighted by molar-refractivity contribution is -0.0484. The Kier molecular flexibility index (Phi) is 4.31. The lowest BCUT2D eigenvalue weighted by atomic mass is 10.1. The van der Waals surface area contributed by atoms with Gasteiger partial charge >= 0.3 is 0 Å². The first kappa shape index (κ1) is 14.2. The standard InChI is InChI=1S/C15H18N2O4/c18-8-12-13(19)15(14(21-12)11-6-7-16-17-11)20-9-10-4-2-1-3-5-10/h1-7,12-15,18-19H,8-9H2,(H,16,17)/t12-,13-,14+,15-/m1/s1. The Balaban J connectivity index is 1.73. The van der Waals surface area contributed by atoms with Crippen LogP contribution in [-0.2, 0) is 16.1 Å². The summed E-state index contributed by atoms with van der Waals surface area (Å²) in [6, 6.07) is 11.5. The van der Waals surface area contributed by atoms with Gasteiger partial charge in [0, 0.05) is 6.20 Å². The SMILES string of the molecule is OC[C@H]1O[C@@H](c2ccn[nH]2)[C@H](OCc2ccccc2)[C@@H]1O. The van der Waals surface area contributed by atoms with Crippen LogP contribution in [0.3, 0.4) is 0 Å². The molecule has 4 atom stereocenters. The van der Waals surface area contributed by atoms with Gasteiger partial charge in [-0.2, -0.15) is 5.10 Å². The zero-order chi connectivity index (χ0) is 14.7. The minimum absolute atomic E-state index is 0.253. The Hall–Kier alpha value is -1.73. The molecule has 3 rings (SSSR count). The van der Waals surface area contributed by atoms with E-state index >= 15 is 0 Å². The van der Waals surface area contributed by atoms with E-state index in [-0.39, 0.29) is 6.61 Å². The molecule has 0 amide bonds. The molecule has 0 saturated carbocycles. The van der Waals surface area contributed by atoms with Gasteiger partial charge in [-0.3, -0.25) is 5.10 Å². The molecule has 2 aromatic rings. The van der Waals surface area contributed by atoms with Gasteiger partial charge < -0.3 is 19.7 Å². The van der Waals surface area contributed by atoms with Crippen molar-refractivity contribution in [3.63, 3.8) is 0 Å². The number of H-pyrrole nitrogens is 1. The minimum Gasteiger partial charge on any atom is -0.394 e. The molecule has 0 spiro atoms. The first-order valence-electron chi connectivity index (χ1n) is 6.89. The number of nitrogens with one attached hydrogen (secondary N) is 1. The van der Waals surface area contributed by atoms with Gasteiger partial charge in [-0.25, -0.2) is 0 Å². The lowest BCUT2D eigenvalue weighted by Gasteiger charge is -2.20. The maximum atomic E-state index is 10.3. The predicted octanol–water partition coefficient (Wildman–Crippen LogP) is 0.788. The first-order valence-corrected chi connectivity index (χ1v) is 6.89. The summed E-state index contributed by atoms with van der Waals surface area (Å²) in [6.07, 6.45) is -0.941. The van der Waals surface area contributed by atoms with Gasteiger partial charge in [0.2, 0.25) is 0 Å². The molecule has 0 radical (unpaired) electrons. The fraction of sp³-hybridized carbons (Fsp3) is 0.400. The summed E-state index contributed by atoms with van der Waals surface area (Å²) in [5.74, 6) is 0. The van der Waals surface area contributed by atoms with Gasteiger partial charge in [0.1, 0.15) is 24.4 Å². The van der Waals surface area contributed by atoms with Crippen molar-refractivity contribution in [1.29, 1.82) is 0 Å². The third-order valence-electron chi connectivity index (χ3n) is 3.63. The van der Waals surface area contributed by atoms with E-state index in [2.05, 4.69) is 10.2 Å². The normalized spacial score (nSPS) is 28.9. The van der Waals surface area contributed by atoms with E-state index in [1.54, 1.807) is 12.3 Å². The highest BCUT2D eigenvalue weighted by molar-refractivity contribution is 5.14. The first-order chi connectivity index (χ1) is 10.3. The van der Waals surface area contributed by atoms with Crippen LogP contribution in [0.4, 0.5) is 0 Å². The van der Waals surface area contributed by atoms with E-state index in [0.717, 1.165) is 11.3 Å². The van der Waals surface area contributed by atoms with Gasteiger partial charge in [-0.15, -0.1) is 0 Å². The molecule has 21 heavy (non-hydrogen) atoms. The Morgan fingerprint density at radius 3 is 2.71 bits per heavy atom. The molecule has 1 fully saturated rings. The average molecular weight is 290 g/mol. The average Bonchev–Trinajstić information content (AvgIpc) is 3.14. The Morgan fingerprint density at radius 2 is 2.05 bits per heavy atom. The van der Waals surface area contributed by atoms with Crippen LogP contribution in [0.1, 0.15) is 17.4 Å². The smallest absolute Gasteiger partial charge is 0.128 e. The quantitative estimate of drug-likeness (QED) is 0.757. The van der Waals surface area contributed by atoms with Gasteiger partial charge in [0.15, 0.2) is 0 Å². The Labute approximate surface area is 122 Å². The van der Waals surface area contributed by atoms with E-state index in [9.17, 15) is 10.2 Å². The number of rotatable bonds is 5. The zero-order valence-corrected chi connectivity index (χ0v) is 11.4. The number of nitrogens with zero attached hydrogens (tertiary/aromatic N) is 1. The van der Waals surface area contributed by atoms with Gasteiger partial charge in [0.25, 0.3) is 0 Å². The molecule has 1 aliphatic rings. The third kappa shape index (κ3) is 2.98. The molecule has 1 aromatic carbocycles. The summed E-state index contributed by atoms with van der Waals surface area (Å²) in [4.78, 5) is 0. The van der Waals surface area contributed by atoms with Crippen LogP contribution >= 0.6 is 0 Å². The van der Waals surface area contributed by atoms with Crippen molar-refractivity contribution < 1.29 is 19.7 Å². The van der Waals surface area contributed by atoms with Gasteiger partial charge in [0.05, 0.1) is 18.9 Å². The molecule has 112 valence electrons. The molecule has 0 aliphatic carbocycles. The number of aliphatic hydroxyl groups excluding tert-OH is 2. The second kappa shape index (κ2) is 6.36. The highest BCUT2D eigenvalue weighted by atomic mass is 16.6. The molecular weight excluding hydrogens is 272 g/mol. The number of benzene rings is 1. The number of ether oxygens (including phenoxy) is 2. The second-order valence-corrected chi connectivity index (χ2v) is 5.04. The van der Waals surface area contributed by atoms with E-state index in [4.69, 9.17) is 9.47 Å². The lowest BCUT2D eigenvalue weighted by Crippen LogP contribution is -2.34. The van der Waals surface area contributed by atoms with Crippen molar-refractivity contribution in [3.8, 4) is 0 Å². The molecule has 2 heterocycles. The van der Waals surface area contributed by atoms with Crippen molar-refractivity contribution in [1.82, 2.24) is 10.2 Å². The highest BCUT2D eigenvalue weighted by Gasteiger charge is 2.45. The van der Waals surface area contributed by atoms with Crippen molar-refractivity contribution in [2.24, 2.45) is 0 Å². The fourth-order valence-corrected chi connectivity index (χ4v) is 2.52. The van der Waals surface area contributed by atoms with Gasteiger partial charge in [-0.1, -0.05) is 30.3 Å². The van der Waals surface area contributed by atoms with Crippen LogP contribution in [0.25, 0.3) is 0 Å². The summed E-state index contributed by atoms with van der Waals surface area (Å²) in [5.41, 5.74) is 1.74. The summed E-state index contributed by atoms with van der Waals surface area (Å²) in [7, 11) is 0. The van der Waals surface area contributed by atoms with E-state index in [1.165, 1.54) is 0 Å². The van der Waals surface area contributed by atoms with Crippen LogP contribution in [0.5, 0.6) is 0 Å². The maximum absolute atomic E-state index is 10.3. The van der Waals surface area contributed by atoms with E-state index in [1.807, 2.05) is 30.3 Å². The molecule has 1 aromatic heterocycles. The van der Waals surface area contributed by atoms with E-state index in [0.29, 0.717) is 6.61 Å². The Morgan fingerprint density at radius 1 is 1.24 bits per heavy atom. The molecule has 1 saturated heterocycles. The number of aliphatic hydroxyl groups is 2. The fourth-order valence-electron chi connectivity index (χ4n) is 2.52. The summed E-state index contributed by atoms with van der Waals surface area (Å²) < 4.78 is 11.5. The molecule has 0 unspecified atom stereocenters. The molecule has 1 aliphatic heterocycles. The van der Waals surface area contributed by atoms with Crippen molar-refractivity contribution >= 4 is 0 Å². The topological polar surface area (TPSA) is 87.6 Å². The monoisotopic (exact) mass is 290 g/mol. The maximum Gasteiger partial charge on any atom is 0.128 e. The van der Waals surface area contributed by atoms with Crippen LogP contribution < -0.4 is 0 Å². The molecular formula is C15H18N2O4. The molecule has 0 bridgehead atoms. The van der Waals surface area contributed by atoms with Crippen molar-refractivity contribution in [2.45, 2.75) is 31.0 Å². The predicted molar refractivity (Wildman–Crippen MR) is 74.3 cm³/mol. The number of aromatic amines is 1. The second-order valence-electron chi connectivity index (χ2n) is 5.04. The molecule has 6 nitrogen and oxygen atoms in total. The molecule has 6 heteroatoms. The van der Waals surface area contributed by atoms with Gasteiger partial charge in [-0.05, 0) is 11.6 Å². The van der Waals surface area contributed by atoms with Crippen molar-refractivity contribution in [2.75, 3.05) is 6.61 Å².